The summed E-state index contributed by atoms with van der Waals surface area (Å²) in [6.45, 7) is 10.3. The Morgan fingerprint density at radius 1 is 1.47 bits per heavy atom. The van der Waals surface area contributed by atoms with Crippen molar-refractivity contribution in [3.63, 3.8) is 0 Å². The van der Waals surface area contributed by atoms with E-state index in [0.717, 1.165) is 19.6 Å². The molecular formula is C13H25N3O. The van der Waals surface area contributed by atoms with Crippen molar-refractivity contribution in [1.29, 1.82) is 0 Å². The van der Waals surface area contributed by atoms with Crippen LogP contribution in [0.15, 0.2) is 12.5 Å². The summed E-state index contributed by atoms with van der Waals surface area (Å²) in [5.74, 6) is 0. The Morgan fingerprint density at radius 3 is 2.76 bits per heavy atom. The van der Waals surface area contributed by atoms with Gasteiger partial charge in [0.1, 0.15) is 0 Å². The molecule has 0 aromatic carbocycles. The number of aromatic nitrogens is 2. The summed E-state index contributed by atoms with van der Waals surface area (Å²) in [5.41, 5.74) is 1.36. The Hall–Kier alpha value is -0.870. The monoisotopic (exact) mass is 239 g/mol. The number of nitrogens with zero attached hydrogens (tertiary/aromatic N) is 2. The summed E-state index contributed by atoms with van der Waals surface area (Å²) >= 11 is 0. The molecule has 0 spiro atoms. The van der Waals surface area contributed by atoms with Gasteiger partial charge in [-0.2, -0.15) is 0 Å². The first-order valence-electron chi connectivity index (χ1n) is 6.18. The average Bonchev–Trinajstić information content (AvgIpc) is 2.70. The van der Waals surface area contributed by atoms with Gasteiger partial charge in [0.2, 0.25) is 0 Å². The van der Waals surface area contributed by atoms with Crippen molar-refractivity contribution < 1.29 is 4.74 Å². The minimum atomic E-state index is 0.130. The second kappa shape index (κ2) is 6.17. The summed E-state index contributed by atoms with van der Waals surface area (Å²) in [6.07, 6.45) is 4.84. The van der Waals surface area contributed by atoms with Crippen molar-refractivity contribution >= 4 is 0 Å². The molecule has 0 aliphatic carbocycles. The lowest BCUT2D eigenvalue weighted by molar-refractivity contribution is 0.180. The first-order valence-corrected chi connectivity index (χ1v) is 6.18. The maximum absolute atomic E-state index is 5.12. The molecule has 1 aromatic heterocycles. The first-order chi connectivity index (χ1) is 7.94. The van der Waals surface area contributed by atoms with Gasteiger partial charge in [0.25, 0.3) is 0 Å². The largest absolute Gasteiger partial charge is 0.385 e. The summed E-state index contributed by atoms with van der Waals surface area (Å²) in [5, 5.41) is 3.48. The third-order valence-electron chi connectivity index (χ3n) is 2.76. The van der Waals surface area contributed by atoms with Crippen LogP contribution in [0, 0.1) is 0 Å². The van der Waals surface area contributed by atoms with Crippen LogP contribution in [0.2, 0.25) is 0 Å². The lowest BCUT2D eigenvalue weighted by Crippen LogP contribution is -2.35. The second-order valence-electron chi connectivity index (χ2n) is 5.53. The molecule has 1 unspecified atom stereocenters. The molecule has 1 N–H and O–H groups in total. The molecule has 0 bridgehead atoms. The van der Waals surface area contributed by atoms with Gasteiger partial charge in [-0.15, -0.1) is 0 Å². The molecular weight excluding hydrogens is 214 g/mol. The van der Waals surface area contributed by atoms with E-state index >= 15 is 0 Å². The quantitative estimate of drug-likeness (QED) is 0.828. The van der Waals surface area contributed by atoms with E-state index in [4.69, 9.17) is 4.74 Å². The summed E-state index contributed by atoms with van der Waals surface area (Å²) in [4.78, 5) is 4.23. The number of rotatable bonds is 6. The molecule has 0 aliphatic rings. The van der Waals surface area contributed by atoms with Gasteiger partial charge in [0, 0.05) is 38.0 Å². The molecule has 0 saturated carbocycles. The van der Waals surface area contributed by atoms with Crippen LogP contribution in [0.3, 0.4) is 0 Å². The van der Waals surface area contributed by atoms with Gasteiger partial charge >= 0.3 is 0 Å². The molecule has 0 radical (unpaired) electrons. The van der Waals surface area contributed by atoms with E-state index in [1.54, 1.807) is 7.11 Å². The zero-order chi connectivity index (χ0) is 12.9. The van der Waals surface area contributed by atoms with E-state index in [9.17, 15) is 0 Å². The molecule has 4 heteroatoms. The maximum atomic E-state index is 5.12. The zero-order valence-electron chi connectivity index (χ0n) is 11.7. The highest BCUT2D eigenvalue weighted by atomic mass is 16.5. The summed E-state index contributed by atoms with van der Waals surface area (Å²) < 4.78 is 7.34. The van der Waals surface area contributed by atoms with E-state index in [1.165, 1.54) is 5.69 Å². The van der Waals surface area contributed by atoms with Crippen molar-refractivity contribution in [1.82, 2.24) is 14.9 Å². The SMILES string of the molecule is COCCC(C)n1cncc1CNC(C)(C)C. The van der Waals surface area contributed by atoms with E-state index < -0.39 is 0 Å². The van der Waals surface area contributed by atoms with Gasteiger partial charge in [0.05, 0.1) is 12.0 Å². The van der Waals surface area contributed by atoms with Crippen LogP contribution < -0.4 is 5.32 Å². The molecule has 1 aromatic rings. The average molecular weight is 239 g/mol. The lowest BCUT2D eigenvalue weighted by atomic mass is 10.1. The Kier molecular flexibility index (Phi) is 5.15. The maximum Gasteiger partial charge on any atom is 0.0951 e. The van der Waals surface area contributed by atoms with Crippen molar-refractivity contribution in [3.8, 4) is 0 Å². The molecule has 1 atom stereocenters. The highest BCUT2D eigenvalue weighted by Crippen LogP contribution is 2.14. The number of imidazole rings is 1. The highest BCUT2D eigenvalue weighted by Gasteiger charge is 2.13. The van der Waals surface area contributed by atoms with Crippen LogP contribution in [0.4, 0.5) is 0 Å². The van der Waals surface area contributed by atoms with Crippen molar-refractivity contribution in [2.75, 3.05) is 13.7 Å². The Balaban J connectivity index is 2.59. The fourth-order valence-electron chi connectivity index (χ4n) is 1.65. The highest BCUT2D eigenvalue weighted by molar-refractivity contribution is 5.00. The van der Waals surface area contributed by atoms with Crippen LogP contribution in [0.25, 0.3) is 0 Å². The topological polar surface area (TPSA) is 39.1 Å². The van der Waals surface area contributed by atoms with Crippen molar-refractivity contribution in [3.05, 3.63) is 18.2 Å². The van der Waals surface area contributed by atoms with E-state index in [-0.39, 0.29) is 5.54 Å². The molecule has 1 rings (SSSR count). The fourth-order valence-corrected chi connectivity index (χ4v) is 1.65. The molecule has 0 aliphatic heterocycles. The number of nitrogens with one attached hydrogen (secondary N) is 1. The molecule has 0 amide bonds. The van der Waals surface area contributed by atoms with Crippen LogP contribution in [-0.2, 0) is 11.3 Å². The molecule has 4 nitrogen and oxygen atoms in total. The van der Waals surface area contributed by atoms with E-state index in [1.807, 2.05) is 12.5 Å². The van der Waals surface area contributed by atoms with Gasteiger partial charge in [-0.05, 0) is 34.1 Å². The van der Waals surface area contributed by atoms with Gasteiger partial charge in [-0.3, -0.25) is 0 Å². The van der Waals surface area contributed by atoms with Crippen LogP contribution in [0.5, 0.6) is 0 Å². The van der Waals surface area contributed by atoms with Crippen molar-refractivity contribution in [2.45, 2.75) is 52.2 Å². The third-order valence-corrected chi connectivity index (χ3v) is 2.76. The van der Waals surface area contributed by atoms with E-state index in [2.05, 4.69) is 42.6 Å². The molecule has 98 valence electrons. The van der Waals surface area contributed by atoms with Gasteiger partial charge in [-0.1, -0.05) is 0 Å². The van der Waals surface area contributed by atoms with Crippen molar-refractivity contribution in [2.24, 2.45) is 0 Å². The van der Waals surface area contributed by atoms with E-state index in [0.29, 0.717) is 6.04 Å². The molecule has 1 heterocycles. The molecule has 0 saturated heterocycles. The molecule has 17 heavy (non-hydrogen) atoms. The summed E-state index contributed by atoms with van der Waals surface area (Å²) in [7, 11) is 1.74. The fraction of sp³-hybridized carbons (Fsp3) is 0.769. The normalized spacial score (nSPS) is 13.9. The standard InChI is InChI=1S/C13H25N3O/c1-11(6-7-17-5)16-10-14-8-12(16)9-15-13(2,3)4/h8,10-11,15H,6-7,9H2,1-5H3. The number of hydrogen-bond acceptors (Lipinski definition) is 3. The number of ether oxygens (including phenoxy) is 1. The number of hydrogen-bond donors (Lipinski definition) is 1. The Morgan fingerprint density at radius 2 is 2.18 bits per heavy atom. The minimum absolute atomic E-state index is 0.130. The smallest absolute Gasteiger partial charge is 0.0951 e. The minimum Gasteiger partial charge on any atom is -0.385 e. The first kappa shape index (κ1) is 14.2. The van der Waals surface area contributed by atoms with Crippen LogP contribution in [-0.4, -0.2) is 28.8 Å². The predicted octanol–water partition coefficient (Wildman–Crippen LogP) is 2.37. The lowest BCUT2D eigenvalue weighted by Gasteiger charge is -2.22. The third kappa shape index (κ3) is 4.88. The number of methoxy groups -OCH3 is 1. The Bertz CT molecular complexity index is 328. The predicted molar refractivity (Wildman–Crippen MR) is 70.0 cm³/mol. The van der Waals surface area contributed by atoms with Gasteiger partial charge < -0.3 is 14.6 Å². The van der Waals surface area contributed by atoms with Gasteiger partial charge in [-0.25, -0.2) is 4.98 Å². The second-order valence-corrected chi connectivity index (χ2v) is 5.53. The summed E-state index contributed by atoms with van der Waals surface area (Å²) in [6, 6.07) is 0.425. The van der Waals surface area contributed by atoms with Crippen LogP contribution in [0.1, 0.15) is 45.9 Å². The van der Waals surface area contributed by atoms with Gasteiger partial charge in [0.15, 0.2) is 0 Å². The Labute approximate surface area is 104 Å². The van der Waals surface area contributed by atoms with Crippen LogP contribution >= 0.6 is 0 Å². The molecule has 0 fully saturated rings. The zero-order valence-corrected chi connectivity index (χ0v) is 11.7.